The number of amides is 1. The Labute approximate surface area is 226 Å². The van der Waals surface area contributed by atoms with Crippen LogP contribution in [0.1, 0.15) is 28.9 Å². The predicted octanol–water partition coefficient (Wildman–Crippen LogP) is 7.16. The molecule has 3 aromatic heterocycles. The number of nitrogens with zero attached hydrogens (tertiary/aromatic N) is 4. The van der Waals surface area contributed by atoms with E-state index in [0.29, 0.717) is 21.7 Å². The van der Waals surface area contributed by atoms with E-state index in [4.69, 9.17) is 33.0 Å². The third-order valence-electron chi connectivity index (χ3n) is 5.82. The normalized spacial score (nSPS) is 12.1. The second kappa shape index (κ2) is 10.1. The summed E-state index contributed by atoms with van der Waals surface area (Å²) in [5.41, 5.74) is 4.83. The summed E-state index contributed by atoms with van der Waals surface area (Å²) in [7, 11) is 3.45. The predicted molar refractivity (Wildman–Crippen MR) is 146 cm³/mol. The van der Waals surface area contributed by atoms with Crippen LogP contribution < -0.4 is 4.84 Å². The van der Waals surface area contributed by atoms with Gasteiger partial charge in [-0.25, -0.2) is 9.37 Å². The fourth-order valence-electron chi connectivity index (χ4n) is 3.94. The minimum atomic E-state index is -0.626. The largest absolute Gasteiger partial charge is 0.406 e. The Morgan fingerprint density at radius 3 is 2.73 bits per heavy atom. The first kappa shape index (κ1) is 25.2. The van der Waals surface area contributed by atoms with Gasteiger partial charge in [0.1, 0.15) is 16.3 Å². The quantitative estimate of drug-likeness (QED) is 0.209. The Morgan fingerprint density at radius 1 is 1.14 bits per heavy atom. The Bertz CT molecular complexity index is 1630. The number of hydrogen-bond donors (Lipinski definition) is 0. The summed E-state index contributed by atoms with van der Waals surface area (Å²) in [6.45, 7) is 1.75. The van der Waals surface area contributed by atoms with Crippen molar-refractivity contribution < 1.29 is 14.0 Å². The summed E-state index contributed by atoms with van der Waals surface area (Å²) >= 11 is 13.9. The number of hydrogen-bond acceptors (Lipinski definition) is 5. The third-order valence-corrected chi connectivity index (χ3v) is 7.43. The zero-order chi connectivity index (χ0) is 26.3. The van der Waals surface area contributed by atoms with Crippen LogP contribution in [0.2, 0.25) is 10.0 Å². The van der Waals surface area contributed by atoms with E-state index in [9.17, 15) is 9.18 Å². The second-order valence-corrected chi connectivity index (χ2v) is 10.2. The molecule has 0 bridgehead atoms. The molecule has 10 heteroatoms. The maximum atomic E-state index is 14.0. The summed E-state index contributed by atoms with van der Waals surface area (Å²) in [4.78, 5) is 29.3. The van der Waals surface area contributed by atoms with Crippen molar-refractivity contribution in [3.63, 3.8) is 0 Å². The fraction of sp³-hybridized carbons (Fsp3) is 0.148. The smallest absolute Gasteiger partial charge is 0.253 e. The number of thiazole rings is 1. The van der Waals surface area contributed by atoms with Crippen LogP contribution in [0.4, 0.5) is 4.39 Å². The van der Waals surface area contributed by atoms with Crippen LogP contribution in [-0.4, -0.2) is 39.6 Å². The molecule has 5 aromatic rings. The third kappa shape index (κ3) is 4.92. The number of fused-ring (bicyclic) bond motifs is 1. The van der Waals surface area contributed by atoms with Gasteiger partial charge in [-0.05, 0) is 43.3 Å². The summed E-state index contributed by atoms with van der Waals surface area (Å²) in [6, 6.07) is 13.8. The molecule has 1 unspecified atom stereocenters. The first-order valence-electron chi connectivity index (χ1n) is 11.3. The van der Waals surface area contributed by atoms with Gasteiger partial charge in [0.25, 0.3) is 5.91 Å². The minimum absolute atomic E-state index is 0.0669. The number of halogens is 3. The van der Waals surface area contributed by atoms with Gasteiger partial charge in [-0.1, -0.05) is 35.3 Å². The van der Waals surface area contributed by atoms with Crippen LogP contribution in [-0.2, 0) is 0 Å². The zero-order valence-corrected chi connectivity index (χ0v) is 22.4. The first-order valence-corrected chi connectivity index (χ1v) is 12.9. The van der Waals surface area contributed by atoms with Crippen molar-refractivity contribution in [2.75, 3.05) is 14.1 Å². The lowest BCUT2D eigenvalue weighted by Gasteiger charge is -2.18. The monoisotopic (exact) mass is 554 g/mol. The van der Waals surface area contributed by atoms with Crippen molar-refractivity contribution in [1.29, 1.82) is 0 Å². The first-order chi connectivity index (χ1) is 17.7. The number of pyridine rings is 1. The molecule has 1 amide bonds. The van der Waals surface area contributed by atoms with E-state index >= 15 is 0 Å². The van der Waals surface area contributed by atoms with Gasteiger partial charge in [0, 0.05) is 59.1 Å². The van der Waals surface area contributed by atoms with Gasteiger partial charge in [-0.2, -0.15) is 4.73 Å². The van der Waals surface area contributed by atoms with Gasteiger partial charge < -0.3 is 9.74 Å². The zero-order valence-electron chi connectivity index (χ0n) is 20.1. The molecule has 0 fully saturated rings. The molecule has 37 heavy (non-hydrogen) atoms. The molecule has 0 radical (unpaired) electrons. The molecule has 188 valence electrons. The molecule has 0 aliphatic carbocycles. The number of carbonyl (C=O) groups is 1. The molecule has 0 aliphatic heterocycles. The van der Waals surface area contributed by atoms with Crippen LogP contribution in [0, 0.1) is 5.82 Å². The van der Waals surface area contributed by atoms with Gasteiger partial charge >= 0.3 is 0 Å². The molecular formula is C27H21Cl2FN4O2S. The lowest BCUT2D eigenvalue weighted by Crippen LogP contribution is -2.21. The van der Waals surface area contributed by atoms with Crippen LogP contribution in [0.15, 0.2) is 66.3 Å². The number of aromatic nitrogens is 3. The van der Waals surface area contributed by atoms with E-state index in [1.807, 2.05) is 35.7 Å². The second-order valence-electron chi connectivity index (χ2n) is 8.59. The lowest BCUT2D eigenvalue weighted by molar-refractivity contribution is 0.0562. The van der Waals surface area contributed by atoms with Gasteiger partial charge in [0.05, 0.1) is 16.2 Å². The topological polar surface area (TPSA) is 60.2 Å². The van der Waals surface area contributed by atoms with Gasteiger partial charge in [0.2, 0.25) is 0 Å². The van der Waals surface area contributed by atoms with Gasteiger partial charge in [-0.15, -0.1) is 11.3 Å². The highest BCUT2D eigenvalue weighted by Gasteiger charge is 2.20. The molecule has 6 nitrogen and oxygen atoms in total. The van der Waals surface area contributed by atoms with E-state index in [0.717, 1.165) is 27.3 Å². The summed E-state index contributed by atoms with van der Waals surface area (Å²) in [5.74, 6) is -0.628. The molecule has 0 aliphatic rings. The van der Waals surface area contributed by atoms with Crippen molar-refractivity contribution in [2.24, 2.45) is 0 Å². The fourth-order valence-corrected chi connectivity index (χ4v) is 5.43. The summed E-state index contributed by atoms with van der Waals surface area (Å²) < 4.78 is 15.6. The highest BCUT2D eigenvalue weighted by atomic mass is 35.5. The van der Waals surface area contributed by atoms with Crippen molar-refractivity contribution in [3.8, 4) is 21.8 Å². The van der Waals surface area contributed by atoms with Crippen molar-refractivity contribution in [2.45, 2.75) is 13.0 Å². The summed E-state index contributed by atoms with van der Waals surface area (Å²) in [6.07, 6.45) is 2.86. The number of benzene rings is 2. The van der Waals surface area contributed by atoms with Crippen LogP contribution in [0.3, 0.4) is 0 Å². The Kier molecular flexibility index (Phi) is 6.90. The molecule has 5 rings (SSSR count). The standard InChI is InChI=1S/C27H21Cl2FN4O2S/c1-15(24-19(28)7-8-20(30)25(24)29)36-34-10-9-21-23(34)12-18(13-31-21)26-32-22(14-37-26)16-5-4-6-17(11-16)27(35)33(2)3/h4-15H,1-3H3. The molecule has 3 heterocycles. The highest BCUT2D eigenvalue weighted by Crippen LogP contribution is 2.34. The minimum Gasteiger partial charge on any atom is -0.406 e. The Morgan fingerprint density at radius 2 is 1.95 bits per heavy atom. The highest BCUT2D eigenvalue weighted by molar-refractivity contribution is 7.13. The average molecular weight is 555 g/mol. The van der Waals surface area contributed by atoms with Gasteiger partial charge in [0.15, 0.2) is 6.10 Å². The summed E-state index contributed by atoms with van der Waals surface area (Å²) in [5, 5.41) is 2.97. The lowest BCUT2D eigenvalue weighted by atomic mass is 10.1. The van der Waals surface area contributed by atoms with E-state index < -0.39 is 11.9 Å². The Hall–Kier alpha value is -3.46. The molecule has 0 saturated carbocycles. The maximum Gasteiger partial charge on any atom is 0.253 e. The SMILES string of the molecule is CC(On1ccc2ncc(-c3nc(-c4cccc(C(=O)N(C)C)c4)cs3)cc21)c1c(Cl)ccc(F)c1Cl. The average Bonchev–Trinajstić information content (AvgIpc) is 3.54. The molecule has 0 N–H and O–H groups in total. The molecule has 2 aromatic carbocycles. The molecule has 1 atom stereocenters. The van der Waals surface area contributed by atoms with E-state index in [1.54, 1.807) is 49.1 Å². The van der Waals surface area contributed by atoms with Gasteiger partial charge in [-0.3, -0.25) is 9.78 Å². The van der Waals surface area contributed by atoms with E-state index in [-0.39, 0.29) is 10.9 Å². The Balaban J connectivity index is 1.44. The molecule has 0 saturated heterocycles. The molecular weight excluding hydrogens is 534 g/mol. The van der Waals surface area contributed by atoms with Crippen molar-refractivity contribution in [1.82, 2.24) is 19.6 Å². The van der Waals surface area contributed by atoms with Crippen LogP contribution in [0.5, 0.6) is 0 Å². The number of rotatable bonds is 6. The maximum absolute atomic E-state index is 14.0. The van der Waals surface area contributed by atoms with E-state index in [1.165, 1.54) is 23.5 Å². The molecule has 0 spiro atoms. The number of carbonyl (C=O) groups excluding carboxylic acids is 1. The van der Waals surface area contributed by atoms with E-state index in [2.05, 4.69) is 4.98 Å². The van der Waals surface area contributed by atoms with Crippen molar-refractivity contribution in [3.05, 3.63) is 93.3 Å². The van der Waals surface area contributed by atoms with Crippen LogP contribution in [0.25, 0.3) is 32.9 Å². The van der Waals surface area contributed by atoms with Crippen LogP contribution >= 0.6 is 34.5 Å². The van der Waals surface area contributed by atoms with Crippen molar-refractivity contribution >= 4 is 51.5 Å².